The van der Waals surface area contributed by atoms with Gasteiger partial charge in [0.05, 0.1) is 11.5 Å². The highest BCUT2D eigenvalue weighted by Gasteiger charge is 2.30. The van der Waals surface area contributed by atoms with Gasteiger partial charge in [0, 0.05) is 0 Å². The van der Waals surface area contributed by atoms with Crippen LogP contribution in [-0.4, -0.2) is 31.1 Å². The van der Waals surface area contributed by atoms with E-state index in [9.17, 15) is 18.5 Å². The molecule has 0 radical (unpaired) electrons. The molecule has 1 aliphatic rings. The Morgan fingerprint density at radius 1 is 1.55 bits per heavy atom. The Hall–Kier alpha value is -0.850. The molecule has 1 aliphatic heterocycles. The molecule has 1 heterocycles. The second kappa shape index (κ2) is 2.65. The van der Waals surface area contributed by atoms with E-state index in [-0.39, 0.29) is 17.9 Å². The summed E-state index contributed by atoms with van der Waals surface area (Å²) in [6.07, 6.45) is -0.529. The van der Waals surface area contributed by atoms with Gasteiger partial charge in [-0.15, -0.1) is 10.1 Å². The first-order chi connectivity index (χ1) is 4.99. The lowest BCUT2D eigenvalue weighted by atomic mass is 10.3. The van der Waals surface area contributed by atoms with Crippen LogP contribution in [0.15, 0.2) is 0 Å². The van der Waals surface area contributed by atoms with Crippen LogP contribution in [0.3, 0.4) is 0 Å². The first-order valence-corrected chi connectivity index (χ1v) is 4.83. The van der Waals surface area contributed by atoms with Crippen LogP contribution in [0, 0.1) is 10.1 Å². The van der Waals surface area contributed by atoms with Crippen molar-refractivity contribution in [3.63, 3.8) is 0 Å². The lowest BCUT2D eigenvalue weighted by Gasteiger charge is -2.02. The number of hydrogen-bond acceptors (Lipinski definition) is 5. The second-order valence-electron chi connectivity index (χ2n) is 2.35. The van der Waals surface area contributed by atoms with Crippen LogP contribution in [0.25, 0.3) is 0 Å². The van der Waals surface area contributed by atoms with Gasteiger partial charge in [0.15, 0.2) is 9.84 Å². The van der Waals surface area contributed by atoms with Crippen LogP contribution in [-0.2, 0) is 14.7 Å². The predicted octanol–water partition coefficient (Wildman–Crippen LogP) is -0.618. The van der Waals surface area contributed by atoms with E-state index in [0.29, 0.717) is 0 Å². The van der Waals surface area contributed by atoms with Crippen molar-refractivity contribution in [1.29, 1.82) is 0 Å². The zero-order chi connectivity index (χ0) is 8.48. The number of hydrogen-bond donors (Lipinski definition) is 0. The molecule has 7 heteroatoms. The normalized spacial score (nSPS) is 28.2. The highest BCUT2D eigenvalue weighted by molar-refractivity contribution is 7.91. The summed E-state index contributed by atoms with van der Waals surface area (Å²) < 4.78 is 21.4. The Morgan fingerprint density at radius 2 is 2.18 bits per heavy atom. The molecular formula is C4H7NO5S. The molecule has 6 nitrogen and oxygen atoms in total. The molecule has 0 spiro atoms. The molecule has 0 aromatic heterocycles. The maximum Gasteiger partial charge on any atom is 0.294 e. The summed E-state index contributed by atoms with van der Waals surface area (Å²) in [4.78, 5) is 13.8. The van der Waals surface area contributed by atoms with E-state index in [2.05, 4.69) is 4.84 Å². The molecule has 0 N–H and O–H groups in total. The van der Waals surface area contributed by atoms with E-state index >= 15 is 0 Å². The molecule has 1 saturated heterocycles. The molecule has 11 heavy (non-hydrogen) atoms. The Labute approximate surface area is 63.2 Å². The minimum absolute atomic E-state index is 0.00843. The highest BCUT2D eigenvalue weighted by atomic mass is 32.2. The Bertz CT molecular complexity index is 258. The molecule has 1 atom stereocenters. The van der Waals surface area contributed by atoms with Crippen LogP contribution < -0.4 is 0 Å². The molecule has 64 valence electrons. The summed E-state index contributed by atoms with van der Waals surface area (Å²) in [5, 5.41) is 8.80. The predicted molar refractivity (Wildman–Crippen MR) is 35.1 cm³/mol. The van der Waals surface area contributed by atoms with Crippen molar-refractivity contribution < 1.29 is 18.3 Å². The molecule has 0 aromatic rings. The van der Waals surface area contributed by atoms with Crippen LogP contribution in [0.1, 0.15) is 6.42 Å². The smallest absolute Gasteiger partial charge is 0.294 e. The minimum Gasteiger partial charge on any atom is -0.309 e. The van der Waals surface area contributed by atoms with E-state index < -0.39 is 21.0 Å². The van der Waals surface area contributed by atoms with Crippen molar-refractivity contribution in [3.05, 3.63) is 10.1 Å². The quantitative estimate of drug-likeness (QED) is 0.418. The summed E-state index contributed by atoms with van der Waals surface area (Å²) in [6.45, 7) is 0. The Balaban J connectivity index is 2.49. The van der Waals surface area contributed by atoms with Crippen molar-refractivity contribution >= 4 is 9.84 Å². The third kappa shape index (κ3) is 2.34. The van der Waals surface area contributed by atoms with Crippen LogP contribution in [0.2, 0.25) is 0 Å². The van der Waals surface area contributed by atoms with Gasteiger partial charge in [-0.2, -0.15) is 0 Å². The van der Waals surface area contributed by atoms with Crippen molar-refractivity contribution in [2.75, 3.05) is 11.5 Å². The molecule has 0 aliphatic carbocycles. The molecule has 1 fully saturated rings. The summed E-state index contributed by atoms with van der Waals surface area (Å²) >= 11 is 0. The molecule has 1 rings (SSSR count). The lowest BCUT2D eigenvalue weighted by molar-refractivity contribution is -0.767. The van der Waals surface area contributed by atoms with Crippen molar-refractivity contribution in [1.82, 2.24) is 0 Å². The first-order valence-electron chi connectivity index (χ1n) is 3.01. The van der Waals surface area contributed by atoms with Gasteiger partial charge < -0.3 is 4.84 Å². The second-order valence-corrected chi connectivity index (χ2v) is 4.58. The summed E-state index contributed by atoms with van der Waals surface area (Å²) in [6, 6.07) is 0. The van der Waals surface area contributed by atoms with Crippen molar-refractivity contribution in [2.24, 2.45) is 0 Å². The molecule has 0 bridgehead atoms. The van der Waals surface area contributed by atoms with Crippen LogP contribution >= 0.6 is 0 Å². The van der Waals surface area contributed by atoms with Gasteiger partial charge in [-0.05, 0) is 6.42 Å². The molecule has 0 saturated carbocycles. The van der Waals surface area contributed by atoms with Crippen LogP contribution in [0.4, 0.5) is 0 Å². The minimum atomic E-state index is -3.07. The van der Waals surface area contributed by atoms with E-state index in [1.807, 2.05) is 0 Å². The van der Waals surface area contributed by atoms with Gasteiger partial charge in [0.2, 0.25) is 0 Å². The van der Waals surface area contributed by atoms with Crippen molar-refractivity contribution in [2.45, 2.75) is 12.5 Å². The fourth-order valence-electron chi connectivity index (χ4n) is 0.966. The number of nitrogens with zero attached hydrogens (tertiary/aromatic N) is 1. The summed E-state index contributed by atoms with van der Waals surface area (Å²) in [7, 11) is -3.07. The van der Waals surface area contributed by atoms with E-state index in [1.54, 1.807) is 0 Å². The largest absolute Gasteiger partial charge is 0.309 e. The summed E-state index contributed by atoms with van der Waals surface area (Å²) in [5.41, 5.74) is 0. The maximum atomic E-state index is 10.7. The fourth-order valence-corrected chi connectivity index (χ4v) is 2.55. The van der Waals surface area contributed by atoms with Gasteiger partial charge in [0.1, 0.15) is 6.10 Å². The number of sulfone groups is 1. The van der Waals surface area contributed by atoms with Gasteiger partial charge in [-0.3, -0.25) is 0 Å². The zero-order valence-corrected chi connectivity index (χ0v) is 6.41. The highest BCUT2D eigenvalue weighted by Crippen LogP contribution is 2.14. The van der Waals surface area contributed by atoms with E-state index in [4.69, 9.17) is 0 Å². The lowest BCUT2D eigenvalue weighted by Crippen LogP contribution is -2.17. The topological polar surface area (TPSA) is 86.5 Å². The van der Waals surface area contributed by atoms with E-state index in [1.165, 1.54) is 0 Å². The third-order valence-corrected chi connectivity index (χ3v) is 3.16. The maximum absolute atomic E-state index is 10.7. The molecule has 0 amide bonds. The first kappa shape index (κ1) is 8.25. The molecular weight excluding hydrogens is 174 g/mol. The molecule has 1 unspecified atom stereocenters. The number of rotatable bonds is 2. The van der Waals surface area contributed by atoms with Crippen molar-refractivity contribution in [3.8, 4) is 0 Å². The molecule has 0 aromatic carbocycles. The monoisotopic (exact) mass is 181 g/mol. The zero-order valence-electron chi connectivity index (χ0n) is 5.60. The SMILES string of the molecule is O=[N+]([O-])OC1CCS(=O)(=O)C1. The van der Waals surface area contributed by atoms with Gasteiger partial charge in [-0.25, -0.2) is 8.42 Å². The van der Waals surface area contributed by atoms with E-state index in [0.717, 1.165) is 0 Å². The Morgan fingerprint density at radius 3 is 2.55 bits per heavy atom. The summed E-state index contributed by atoms with van der Waals surface area (Å²) in [5.74, 6) is -0.237. The average Bonchev–Trinajstić information content (AvgIpc) is 2.08. The van der Waals surface area contributed by atoms with Gasteiger partial charge in [-0.1, -0.05) is 0 Å². The third-order valence-electron chi connectivity index (χ3n) is 1.43. The fraction of sp³-hybridized carbons (Fsp3) is 1.00. The van der Waals surface area contributed by atoms with Gasteiger partial charge >= 0.3 is 0 Å². The van der Waals surface area contributed by atoms with Gasteiger partial charge in [0.25, 0.3) is 5.09 Å². The van der Waals surface area contributed by atoms with Crippen LogP contribution in [0.5, 0.6) is 0 Å². The Kier molecular flexibility index (Phi) is 1.99. The standard InChI is InChI=1S/C4H7NO5S/c6-5(7)10-4-1-2-11(8,9)3-4/h4H,1-3H2. The average molecular weight is 181 g/mol.